The van der Waals surface area contributed by atoms with Crippen LogP contribution in [-0.2, 0) is 12.4 Å². The second-order valence-electron chi connectivity index (χ2n) is 9.92. The minimum absolute atomic E-state index is 0. The third-order valence-electron chi connectivity index (χ3n) is 7.63. The van der Waals surface area contributed by atoms with Crippen molar-refractivity contribution < 1.29 is 35.9 Å². The third-order valence-corrected chi connectivity index (χ3v) is 7.63. The van der Waals surface area contributed by atoms with Gasteiger partial charge in [-0.1, -0.05) is 12.1 Å². The maximum absolute atomic E-state index is 13.4. The highest BCUT2D eigenvalue weighted by Gasteiger charge is 2.40. The molecule has 0 saturated carbocycles. The fraction of sp³-hybridized carbons (Fsp3) is 0.519. The molecule has 2 atom stereocenters. The van der Waals surface area contributed by atoms with E-state index in [2.05, 4.69) is 10.2 Å². The number of carbonyl (C=O) groups excluding carboxylic acids is 1. The number of rotatable bonds is 5. The Labute approximate surface area is 242 Å². The average molecular weight is 616 g/mol. The fourth-order valence-corrected chi connectivity index (χ4v) is 5.54. The molecule has 2 aliphatic heterocycles. The van der Waals surface area contributed by atoms with E-state index < -0.39 is 41.0 Å². The van der Waals surface area contributed by atoms with Crippen molar-refractivity contribution >= 4 is 30.7 Å². The summed E-state index contributed by atoms with van der Waals surface area (Å²) in [5.41, 5.74) is -2.72. The summed E-state index contributed by atoms with van der Waals surface area (Å²) in [6, 6.07) is 8.39. The lowest BCUT2D eigenvalue weighted by Crippen LogP contribution is -2.54. The van der Waals surface area contributed by atoms with Gasteiger partial charge >= 0.3 is 12.4 Å². The van der Waals surface area contributed by atoms with E-state index in [1.54, 1.807) is 19.2 Å². The number of amides is 1. The Balaban J connectivity index is 0.00000280. The predicted molar refractivity (Wildman–Crippen MR) is 145 cm³/mol. The van der Waals surface area contributed by atoms with E-state index in [0.717, 1.165) is 31.5 Å². The van der Waals surface area contributed by atoms with Gasteiger partial charge in [0.15, 0.2) is 0 Å². The molecule has 1 N–H and O–H groups in total. The predicted octanol–water partition coefficient (Wildman–Crippen LogP) is 6.26. The van der Waals surface area contributed by atoms with Crippen LogP contribution in [0.25, 0.3) is 0 Å². The Kier molecular flexibility index (Phi) is 11.6. The first-order valence-corrected chi connectivity index (χ1v) is 12.5. The molecule has 2 aromatic rings. The molecule has 2 heterocycles. The van der Waals surface area contributed by atoms with Crippen molar-refractivity contribution in [3.63, 3.8) is 0 Å². The molecule has 1 amide bonds. The van der Waals surface area contributed by atoms with E-state index >= 15 is 0 Å². The largest absolute Gasteiger partial charge is 0.497 e. The molecular formula is C27H33Cl2F6N3O2. The van der Waals surface area contributed by atoms with Gasteiger partial charge in [-0.05, 0) is 68.2 Å². The number of benzene rings is 2. The van der Waals surface area contributed by atoms with Crippen molar-refractivity contribution in [2.75, 3.05) is 40.3 Å². The number of nitrogens with one attached hydrogen (secondary N) is 1. The molecule has 0 bridgehead atoms. The molecule has 2 aromatic carbocycles. The van der Waals surface area contributed by atoms with Crippen LogP contribution in [0.2, 0.25) is 0 Å². The van der Waals surface area contributed by atoms with Crippen LogP contribution >= 0.6 is 24.8 Å². The number of nitrogens with zero attached hydrogens (tertiary/aromatic N) is 2. The monoisotopic (exact) mass is 615 g/mol. The van der Waals surface area contributed by atoms with E-state index in [9.17, 15) is 31.1 Å². The van der Waals surface area contributed by atoms with Gasteiger partial charge < -0.3 is 15.0 Å². The number of piperidine rings is 2. The van der Waals surface area contributed by atoms with Gasteiger partial charge in [-0.2, -0.15) is 26.3 Å². The van der Waals surface area contributed by atoms with Crippen LogP contribution < -0.4 is 10.1 Å². The molecule has 2 unspecified atom stereocenters. The van der Waals surface area contributed by atoms with Crippen molar-refractivity contribution in [3.05, 3.63) is 64.7 Å². The van der Waals surface area contributed by atoms with Crippen molar-refractivity contribution in [1.82, 2.24) is 15.1 Å². The normalized spacial score (nSPS) is 20.7. The van der Waals surface area contributed by atoms with Crippen LogP contribution in [-0.4, -0.2) is 68.1 Å². The molecule has 2 saturated heterocycles. The summed E-state index contributed by atoms with van der Waals surface area (Å²) in [5, 5.41) is 3.35. The van der Waals surface area contributed by atoms with Crippen LogP contribution in [0.1, 0.15) is 52.2 Å². The highest BCUT2D eigenvalue weighted by molar-refractivity contribution is 5.95. The number of likely N-dealkylation sites (N-methyl/N-ethyl adjacent to an activating group) is 1. The minimum Gasteiger partial charge on any atom is -0.497 e. The Bertz CT molecular complexity index is 1090. The summed E-state index contributed by atoms with van der Waals surface area (Å²) in [5.74, 6) is -0.406. The number of hydrogen-bond acceptors (Lipinski definition) is 4. The Morgan fingerprint density at radius 2 is 1.48 bits per heavy atom. The van der Waals surface area contributed by atoms with Crippen molar-refractivity contribution in [2.24, 2.45) is 0 Å². The van der Waals surface area contributed by atoms with Crippen LogP contribution in [0.15, 0.2) is 42.5 Å². The lowest BCUT2D eigenvalue weighted by molar-refractivity contribution is -0.143. The number of carbonyl (C=O) groups is 1. The molecule has 5 nitrogen and oxygen atoms in total. The first-order chi connectivity index (χ1) is 17.9. The summed E-state index contributed by atoms with van der Waals surface area (Å²) in [6.07, 6.45) is -7.55. The first-order valence-electron chi connectivity index (χ1n) is 12.5. The van der Waals surface area contributed by atoms with E-state index in [4.69, 9.17) is 4.74 Å². The topological polar surface area (TPSA) is 44.8 Å². The van der Waals surface area contributed by atoms with Gasteiger partial charge in [0.05, 0.1) is 18.2 Å². The molecule has 0 radical (unpaired) electrons. The van der Waals surface area contributed by atoms with E-state index in [1.165, 1.54) is 11.9 Å². The lowest BCUT2D eigenvalue weighted by atomic mass is 9.83. The second-order valence-corrected chi connectivity index (χ2v) is 9.92. The SMILES string of the molecule is COc1ccc(C2CN(C3CCNCC3)CCC2N(C)C(=O)c2cc(C(F)(F)F)cc(C(F)(F)F)c2)cc1.Cl.Cl. The Morgan fingerprint density at radius 1 is 0.925 bits per heavy atom. The number of alkyl halides is 6. The van der Waals surface area contributed by atoms with Gasteiger partial charge in [0, 0.05) is 43.7 Å². The smallest absolute Gasteiger partial charge is 0.416 e. The second kappa shape index (κ2) is 13.6. The molecular weight excluding hydrogens is 583 g/mol. The van der Waals surface area contributed by atoms with E-state index in [-0.39, 0.29) is 36.8 Å². The third kappa shape index (κ3) is 7.74. The molecule has 13 heteroatoms. The molecule has 40 heavy (non-hydrogen) atoms. The highest BCUT2D eigenvalue weighted by Crippen LogP contribution is 2.38. The number of likely N-dealkylation sites (tertiary alicyclic amines) is 1. The average Bonchev–Trinajstić information content (AvgIpc) is 2.91. The quantitative estimate of drug-likeness (QED) is 0.403. The van der Waals surface area contributed by atoms with Crippen molar-refractivity contribution in [3.8, 4) is 5.75 Å². The molecule has 2 fully saturated rings. The van der Waals surface area contributed by atoms with Crippen LogP contribution in [0.4, 0.5) is 26.3 Å². The Morgan fingerprint density at radius 3 is 1.98 bits per heavy atom. The Hall–Kier alpha value is -2.21. The standard InChI is InChI=1S/C27H31F6N3O2.2ClH/c1-35(25(37)18-13-19(26(28,29)30)15-20(14-18)27(31,32)33)24-9-12-36(21-7-10-34-11-8-21)16-23(24)17-3-5-22(38-2)6-4-17;;/h3-6,13-15,21,23-24,34H,7-12,16H2,1-2H3;2*1H. The number of methoxy groups -OCH3 is 1. The van der Waals surface area contributed by atoms with Gasteiger partial charge in [-0.25, -0.2) is 0 Å². The van der Waals surface area contributed by atoms with Crippen LogP contribution in [0, 0.1) is 0 Å². The van der Waals surface area contributed by atoms with Gasteiger partial charge in [-0.15, -0.1) is 24.8 Å². The maximum atomic E-state index is 13.4. The van der Waals surface area contributed by atoms with Gasteiger partial charge in [0.25, 0.3) is 5.91 Å². The van der Waals surface area contributed by atoms with E-state index in [1.807, 2.05) is 12.1 Å². The summed E-state index contributed by atoms with van der Waals surface area (Å²) >= 11 is 0. The lowest BCUT2D eigenvalue weighted by Gasteiger charge is -2.46. The molecule has 4 rings (SSSR count). The summed E-state index contributed by atoms with van der Waals surface area (Å²) in [7, 11) is 3.01. The van der Waals surface area contributed by atoms with Crippen LogP contribution in [0.5, 0.6) is 5.75 Å². The summed E-state index contributed by atoms with van der Waals surface area (Å²) in [6.45, 7) is 3.12. The maximum Gasteiger partial charge on any atom is 0.416 e. The molecule has 0 aliphatic carbocycles. The fourth-order valence-electron chi connectivity index (χ4n) is 5.54. The molecule has 224 valence electrons. The van der Waals surface area contributed by atoms with Gasteiger partial charge in [0.2, 0.25) is 0 Å². The highest BCUT2D eigenvalue weighted by atomic mass is 35.5. The first kappa shape index (κ1) is 34.0. The van der Waals surface area contributed by atoms with Crippen molar-refractivity contribution in [1.29, 1.82) is 0 Å². The summed E-state index contributed by atoms with van der Waals surface area (Å²) < 4.78 is 85.7. The minimum atomic E-state index is -5.03. The van der Waals surface area contributed by atoms with Gasteiger partial charge in [0.1, 0.15) is 5.75 Å². The van der Waals surface area contributed by atoms with Gasteiger partial charge in [-0.3, -0.25) is 9.69 Å². The van der Waals surface area contributed by atoms with Crippen molar-refractivity contribution in [2.45, 2.75) is 49.6 Å². The van der Waals surface area contributed by atoms with E-state index in [0.29, 0.717) is 43.4 Å². The zero-order valence-corrected chi connectivity index (χ0v) is 23.7. The molecule has 2 aliphatic rings. The number of halogens is 8. The molecule has 0 spiro atoms. The molecule has 0 aromatic heterocycles. The number of ether oxygens (including phenoxy) is 1. The zero-order chi connectivity index (χ0) is 27.7. The van der Waals surface area contributed by atoms with Crippen LogP contribution in [0.3, 0.4) is 0 Å². The zero-order valence-electron chi connectivity index (χ0n) is 22.0. The summed E-state index contributed by atoms with van der Waals surface area (Å²) in [4.78, 5) is 17.1. The number of hydrogen-bond donors (Lipinski definition) is 1.